The van der Waals surface area contributed by atoms with E-state index < -0.39 is 56.5 Å². The van der Waals surface area contributed by atoms with Crippen molar-refractivity contribution in [3.05, 3.63) is 29.3 Å². The molecule has 0 saturated carbocycles. The number of hydrogen-bond acceptors (Lipinski definition) is 15. The maximum atomic E-state index is 13.3. The molecule has 6 N–H and O–H groups in total. The molecule has 2 saturated heterocycles. The van der Waals surface area contributed by atoms with Gasteiger partial charge in [-0.3, -0.25) is 32.5 Å². The molecule has 0 aliphatic carbocycles. The molecule has 4 aromatic rings. The Hall–Kier alpha value is -2.58. The van der Waals surface area contributed by atoms with E-state index in [1.54, 1.807) is 9.13 Å². The van der Waals surface area contributed by atoms with Crippen LogP contribution in [0.4, 0.5) is 11.8 Å². The molecule has 232 valence electrons. The van der Waals surface area contributed by atoms with Gasteiger partial charge in [-0.2, -0.15) is 4.98 Å². The first-order chi connectivity index (χ1) is 20.4. The van der Waals surface area contributed by atoms with Crippen molar-refractivity contribution >= 4 is 72.2 Å². The number of nitrogens with zero attached hydrogens (tertiary/aromatic N) is 7. The van der Waals surface area contributed by atoms with Crippen LogP contribution >= 0.6 is 38.1 Å². The van der Waals surface area contributed by atoms with E-state index >= 15 is 0 Å². The van der Waals surface area contributed by atoms with Crippen molar-refractivity contribution in [2.24, 2.45) is 0 Å². The summed E-state index contributed by atoms with van der Waals surface area (Å²) in [7, 11) is 0. The number of ether oxygens (including phenoxy) is 2. The molecule has 2 aliphatic heterocycles. The lowest BCUT2D eigenvalue weighted by Gasteiger charge is -2.23. The minimum absolute atomic E-state index is 0.0538. The van der Waals surface area contributed by atoms with Crippen LogP contribution in [0.5, 0.6) is 0 Å². The Morgan fingerprint density at radius 3 is 2.51 bits per heavy atom. The molecular formula is C20H26N10O9P2S2. The number of anilines is 2. The van der Waals surface area contributed by atoms with Gasteiger partial charge in [0, 0.05) is 6.42 Å². The predicted octanol–water partition coefficient (Wildman–Crippen LogP) is 1.58. The third kappa shape index (κ3) is 6.60. The van der Waals surface area contributed by atoms with Gasteiger partial charge in [-0.15, -0.1) is 0 Å². The van der Waals surface area contributed by atoms with Crippen molar-refractivity contribution in [3.63, 3.8) is 0 Å². The lowest BCUT2D eigenvalue weighted by atomic mass is 10.2. The Kier molecular flexibility index (Phi) is 8.31. The Labute approximate surface area is 252 Å². The largest absolute Gasteiger partial charge is 0.386 e. The summed E-state index contributed by atoms with van der Waals surface area (Å²) in [6.07, 6.45) is 1.63. The van der Waals surface area contributed by atoms with Gasteiger partial charge in [0.25, 0.3) is 5.56 Å². The molecule has 3 unspecified atom stereocenters. The lowest BCUT2D eigenvalue weighted by Crippen LogP contribution is -2.28. The highest BCUT2D eigenvalue weighted by Gasteiger charge is 2.43. The van der Waals surface area contributed by atoms with Gasteiger partial charge >= 0.3 is 13.6 Å². The molecule has 43 heavy (non-hydrogen) atoms. The Balaban J connectivity index is 1.11. The topological polar surface area (TPSA) is 260 Å². The van der Waals surface area contributed by atoms with Crippen molar-refractivity contribution < 1.29 is 37.1 Å². The molecule has 0 radical (unpaired) electrons. The van der Waals surface area contributed by atoms with Gasteiger partial charge in [0.2, 0.25) is 5.95 Å². The lowest BCUT2D eigenvalue weighted by molar-refractivity contribution is -0.0389. The Bertz CT molecular complexity index is 1810. The number of thiol groups is 2. The third-order valence-corrected chi connectivity index (χ3v) is 9.30. The van der Waals surface area contributed by atoms with E-state index in [4.69, 9.17) is 34.5 Å². The van der Waals surface area contributed by atoms with Gasteiger partial charge in [0.05, 0.1) is 32.0 Å². The van der Waals surface area contributed by atoms with Crippen LogP contribution in [-0.4, -0.2) is 75.5 Å². The van der Waals surface area contributed by atoms with Crippen molar-refractivity contribution in [2.45, 2.75) is 50.0 Å². The highest BCUT2D eigenvalue weighted by atomic mass is 32.7. The first-order valence-corrected chi connectivity index (χ1v) is 18.1. The summed E-state index contributed by atoms with van der Waals surface area (Å²) in [5, 5.41) is 0. The zero-order valence-electron chi connectivity index (χ0n) is 21.9. The van der Waals surface area contributed by atoms with Crippen LogP contribution in [0.25, 0.3) is 22.3 Å². The number of nitrogens with one attached hydrogen (secondary N) is 1. The second-order valence-electron chi connectivity index (χ2n) is 9.71. The molecule has 6 rings (SSSR count). The average Bonchev–Trinajstić information content (AvgIpc) is 3.71. The molecular weight excluding hydrogens is 650 g/mol. The van der Waals surface area contributed by atoms with Crippen LogP contribution in [0, 0.1) is 0 Å². The molecule has 2 aliphatic rings. The Morgan fingerprint density at radius 1 is 1.00 bits per heavy atom. The molecule has 7 atom stereocenters. The number of H-pyrrole nitrogens is 1. The first-order valence-electron chi connectivity index (χ1n) is 12.7. The number of hydrogen-bond donors (Lipinski definition) is 6. The summed E-state index contributed by atoms with van der Waals surface area (Å²) in [5.41, 5.74) is 12.2. The molecule has 4 aromatic heterocycles. The van der Waals surface area contributed by atoms with Gasteiger partial charge in [-0.25, -0.2) is 29.1 Å². The van der Waals surface area contributed by atoms with Crippen molar-refractivity contribution in [1.82, 2.24) is 39.0 Å². The molecule has 0 bridgehead atoms. The average molecular weight is 677 g/mol. The predicted molar refractivity (Wildman–Crippen MR) is 156 cm³/mol. The van der Waals surface area contributed by atoms with Crippen molar-refractivity contribution in [2.75, 3.05) is 24.7 Å². The smallest absolute Gasteiger partial charge is 0.382 e. The fourth-order valence-electron chi connectivity index (χ4n) is 4.93. The summed E-state index contributed by atoms with van der Waals surface area (Å²) in [6.45, 7) is -8.74. The van der Waals surface area contributed by atoms with Crippen LogP contribution in [0.3, 0.4) is 0 Å². The summed E-state index contributed by atoms with van der Waals surface area (Å²) in [6, 6.07) is 0. The number of nitrogens with two attached hydrogens (primary N) is 2. The molecule has 2 fully saturated rings. The minimum atomic E-state index is -4.17. The number of aromatic nitrogens is 8. The normalized spacial score (nSPS) is 27.1. The fourth-order valence-corrected chi connectivity index (χ4v) is 7.01. The summed E-state index contributed by atoms with van der Waals surface area (Å²) in [4.78, 5) is 44.6. The zero-order valence-corrected chi connectivity index (χ0v) is 25.5. The maximum Gasteiger partial charge on any atom is 0.386 e. The van der Waals surface area contributed by atoms with Crippen molar-refractivity contribution in [1.29, 1.82) is 0 Å². The van der Waals surface area contributed by atoms with Gasteiger partial charge in [0.1, 0.15) is 36.5 Å². The molecule has 6 heterocycles. The van der Waals surface area contributed by atoms with E-state index in [2.05, 4.69) is 54.4 Å². The second kappa shape index (κ2) is 11.7. The molecule has 0 aromatic carbocycles. The Morgan fingerprint density at radius 2 is 1.74 bits per heavy atom. The van der Waals surface area contributed by atoms with Crippen LogP contribution in [0.15, 0.2) is 23.8 Å². The van der Waals surface area contributed by atoms with E-state index in [1.807, 2.05) is 0 Å². The highest BCUT2D eigenvalue weighted by Crippen LogP contribution is 2.57. The second-order valence-corrected chi connectivity index (χ2v) is 15.3. The maximum absolute atomic E-state index is 13.3. The van der Waals surface area contributed by atoms with E-state index in [1.165, 1.54) is 19.0 Å². The SMILES string of the molecule is Nc1nc2c(ncn2[C@H]2CC[C@@H](COP(=O)(S)OC3C[C@H](n4cnc5c(N)ncnc54)O[C@@H]3COP(=O)(O)S)O2)c(=O)[nH]1. The number of nitrogen functional groups attached to an aromatic ring is 2. The molecule has 0 amide bonds. The molecule has 19 nitrogen and oxygen atoms in total. The van der Waals surface area contributed by atoms with Gasteiger partial charge < -0.3 is 25.8 Å². The quantitative estimate of drug-likeness (QED) is 0.103. The summed E-state index contributed by atoms with van der Waals surface area (Å²) in [5.74, 6) is 0.118. The van der Waals surface area contributed by atoms with Crippen LogP contribution in [-0.2, 0) is 32.2 Å². The fraction of sp³-hybridized carbons (Fsp3) is 0.500. The monoisotopic (exact) mass is 676 g/mol. The first kappa shape index (κ1) is 30.4. The van der Waals surface area contributed by atoms with Crippen LogP contribution in [0.2, 0.25) is 0 Å². The minimum Gasteiger partial charge on any atom is -0.382 e. The van der Waals surface area contributed by atoms with Crippen LogP contribution < -0.4 is 17.0 Å². The molecule has 23 heteroatoms. The highest BCUT2D eigenvalue weighted by molar-refractivity contribution is 8.44. The van der Waals surface area contributed by atoms with Gasteiger partial charge in [-0.05, 0) is 12.8 Å². The van der Waals surface area contributed by atoms with Crippen LogP contribution in [0.1, 0.15) is 31.7 Å². The van der Waals surface area contributed by atoms with E-state index in [0.29, 0.717) is 24.0 Å². The number of imidazole rings is 2. The van der Waals surface area contributed by atoms with Gasteiger partial charge in [-0.1, -0.05) is 24.5 Å². The number of rotatable bonds is 10. The zero-order chi connectivity index (χ0) is 30.5. The van der Waals surface area contributed by atoms with Gasteiger partial charge in [0.15, 0.2) is 22.6 Å². The van der Waals surface area contributed by atoms with E-state index in [-0.39, 0.29) is 36.0 Å². The van der Waals surface area contributed by atoms with E-state index in [0.717, 1.165) is 0 Å². The van der Waals surface area contributed by atoms with Crippen molar-refractivity contribution in [3.8, 4) is 0 Å². The standard InChI is InChI=1S/C20H26N10O9P2S2/c21-16-14-17(24-6-23-16)30(7-25-14)13-3-10(11(38-13)5-35-40(32,33)42)39-41(34,43)36-4-9-1-2-12(37-9)29-8-26-15-18(29)27-20(22)28-19(15)31/h6-13H,1-5H2,(H,34,43)(H2,21,23,24)(H2,32,33,42)(H3,22,27,28,31)/t9-,10?,11+,12+,13+,41?/m0/s1. The summed E-state index contributed by atoms with van der Waals surface area (Å²) >= 11 is 7.67. The summed E-state index contributed by atoms with van der Waals surface area (Å²) < 4.78 is 56.4. The number of fused-ring (bicyclic) bond motifs is 2. The third-order valence-electron chi connectivity index (χ3n) is 6.82. The number of aromatic amines is 1. The van der Waals surface area contributed by atoms with E-state index in [9.17, 15) is 18.8 Å². The molecule has 0 spiro atoms.